The summed E-state index contributed by atoms with van der Waals surface area (Å²) in [4.78, 5) is 54.7. The predicted molar refractivity (Wildman–Crippen MR) is 155 cm³/mol. The first-order valence-corrected chi connectivity index (χ1v) is 16.1. The van der Waals surface area contributed by atoms with Gasteiger partial charge in [0.15, 0.2) is 0 Å². The number of sulfonamides is 1. The van der Waals surface area contributed by atoms with Crippen LogP contribution in [0.2, 0.25) is 0 Å². The molecule has 11 nitrogen and oxygen atoms in total. The Hall–Kier alpha value is -3.50. The molecule has 0 spiro atoms. The van der Waals surface area contributed by atoms with Gasteiger partial charge in [-0.1, -0.05) is 39.0 Å². The van der Waals surface area contributed by atoms with Crippen molar-refractivity contribution in [3.05, 3.63) is 91.7 Å². The van der Waals surface area contributed by atoms with E-state index >= 15 is 0 Å². The molecule has 2 aromatic carbocycles. The Labute approximate surface area is 249 Å². The van der Waals surface area contributed by atoms with Crippen molar-refractivity contribution in [2.75, 3.05) is 10.2 Å². The average Bonchev–Trinajstić information content (AvgIpc) is 3.62. The number of halogens is 1. The number of aromatic nitrogens is 1. The van der Waals surface area contributed by atoms with Crippen LogP contribution in [-0.2, 0) is 31.0 Å². The van der Waals surface area contributed by atoms with Gasteiger partial charge in [-0.05, 0) is 60.7 Å². The number of thiazole rings is 1. The van der Waals surface area contributed by atoms with Crippen LogP contribution in [0.3, 0.4) is 0 Å². The lowest BCUT2D eigenvalue weighted by Gasteiger charge is -2.29. The number of carbonyl (C=O) groups excluding carboxylic acids is 3. The lowest BCUT2D eigenvalue weighted by molar-refractivity contribution is -0.122. The molecule has 3 atom stereocenters. The largest absolute Gasteiger partial charge is 0.469 e. The van der Waals surface area contributed by atoms with Crippen molar-refractivity contribution in [2.24, 2.45) is 11.1 Å². The molecule has 3 N–H and O–H groups in total. The quantitative estimate of drug-likeness (QED) is 0.294. The molecule has 6 rings (SSSR count). The van der Waals surface area contributed by atoms with Gasteiger partial charge in [0.05, 0.1) is 38.6 Å². The van der Waals surface area contributed by atoms with Gasteiger partial charge in [-0.15, -0.1) is 0 Å². The molecular formula is C26H19BrN4O7S3. The molecule has 0 radical (unpaired) electrons. The number of thioether (sulfide) groups is 1. The molecule has 15 heteroatoms. The maximum atomic E-state index is 13.8. The number of imide groups is 1. The molecule has 210 valence electrons. The van der Waals surface area contributed by atoms with E-state index in [2.05, 4.69) is 21.2 Å². The van der Waals surface area contributed by atoms with Crippen molar-refractivity contribution in [3.8, 4) is 0 Å². The van der Waals surface area contributed by atoms with E-state index in [0.29, 0.717) is 27.0 Å². The second kappa shape index (κ2) is 10.4. The molecule has 0 aliphatic carbocycles. The van der Waals surface area contributed by atoms with Crippen LogP contribution >= 0.6 is 39.0 Å². The Morgan fingerprint density at radius 1 is 1.02 bits per heavy atom. The maximum Gasteiger partial charge on any atom is 0.308 e. The van der Waals surface area contributed by atoms with Crippen molar-refractivity contribution in [1.29, 1.82) is 0 Å². The minimum atomic E-state index is -3.89. The van der Waals surface area contributed by atoms with Crippen molar-refractivity contribution < 1.29 is 27.2 Å². The van der Waals surface area contributed by atoms with Crippen molar-refractivity contribution in [1.82, 2.24) is 4.57 Å². The molecule has 41 heavy (non-hydrogen) atoms. The van der Waals surface area contributed by atoms with Crippen LogP contribution in [-0.4, -0.2) is 36.0 Å². The Balaban J connectivity index is 1.33. The van der Waals surface area contributed by atoms with E-state index in [0.717, 1.165) is 27.6 Å². The summed E-state index contributed by atoms with van der Waals surface area (Å²) in [7, 11) is -3.89. The van der Waals surface area contributed by atoms with Crippen LogP contribution in [0, 0.1) is 5.92 Å². The Morgan fingerprint density at radius 2 is 1.73 bits per heavy atom. The SMILES string of the molecule is NS(=O)(=O)c1ccc(NC(=O)Cn2c3c(sc2=O)C(c2ccco2)C2C(=O)N(c4ccc(Br)cc4)C(=O)C2S3)cc1. The van der Waals surface area contributed by atoms with Gasteiger partial charge < -0.3 is 9.73 Å². The van der Waals surface area contributed by atoms with Crippen LogP contribution in [0.1, 0.15) is 16.6 Å². The Bertz CT molecular complexity index is 1850. The van der Waals surface area contributed by atoms with Crippen LogP contribution in [0.15, 0.2) is 90.5 Å². The van der Waals surface area contributed by atoms with Gasteiger partial charge in [-0.3, -0.25) is 23.7 Å². The molecule has 2 aliphatic heterocycles. The van der Waals surface area contributed by atoms with Gasteiger partial charge in [0, 0.05) is 10.2 Å². The minimum Gasteiger partial charge on any atom is -0.469 e. The highest BCUT2D eigenvalue weighted by Crippen LogP contribution is 2.53. The summed E-state index contributed by atoms with van der Waals surface area (Å²) < 4.78 is 30.8. The van der Waals surface area contributed by atoms with E-state index in [4.69, 9.17) is 9.56 Å². The first-order valence-electron chi connectivity index (χ1n) is 12.0. The Kier molecular flexibility index (Phi) is 7.02. The van der Waals surface area contributed by atoms with E-state index in [-0.39, 0.29) is 11.4 Å². The molecule has 4 aromatic rings. The van der Waals surface area contributed by atoms with Gasteiger partial charge in [0.1, 0.15) is 17.6 Å². The van der Waals surface area contributed by atoms with Crippen LogP contribution in [0.25, 0.3) is 0 Å². The zero-order valence-electron chi connectivity index (χ0n) is 20.7. The monoisotopic (exact) mass is 674 g/mol. The number of carbonyl (C=O) groups is 3. The molecule has 3 unspecified atom stereocenters. The van der Waals surface area contributed by atoms with E-state index in [1.165, 1.54) is 40.0 Å². The van der Waals surface area contributed by atoms with Gasteiger partial charge in [-0.25, -0.2) is 18.5 Å². The van der Waals surface area contributed by atoms with Crippen molar-refractivity contribution in [3.63, 3.8) is 0 Å². The number of furan rings is 1. The van der Waals surface area contributed by atoms with Gasteiger partial charge in [0.2, 0.25) is 27.7 Å². The zero-order chi connectivity index (χ0) is 29.1. The second-order valence-electron chi connectivity index (χ2n) is 9.29. The molecule has 1 fully saturated rings. The highest BCUT2D eigenvalue weighted by molar-refractivity contribution is 9.10. The smallest absolute Gasteiger partial charge is 0.308 e. The molecule has 2 aromatic heterocycles. The summed E-state index contributed by atoms with van der Waals surface area (Å²) in [6.45, 7) is -0.366. The summed E-state index contributed by atoms with van der Waals surface area (Å²) in [6.07, 6.45) is 1.47. The summed E-state index contributed by atoms with van der Waals surface area (Å²) in [5.41, 5.74) is 0.743. The first-order chi connectivity index (χ1) is 19.5. The maximum absolute atomic E-state index is 13.8. The molecule has 2 aliphatic rings. The normalized spacial score (nSPS) is 20.1. The van der Waals surface area contributed by atoms with Gasteiger partial charge in [-0.2, -0.15) is 0 Å². The van der Waals surface area contributed by atoms with E-state index in [1.807, 2.05) is 0 Å². The molecule has 1 saturated heterocycles. The number of fused-ring (bicyclic) bond motifs is 2. The standard InChI is InChI=1S/C26H19BrN4O7S3/c27-13-3-7-15(8-4-13)31-23(33)20-19(17-2-1-11-38-17)22-25(39-21(20)24(31)34)30(26(35)40-22)12-18(32)29-14-5-9-16(10-6-14)41(28,36)37/h1-11,19-21H,12H2,(H,29,32)(H2,28,36,37). The average molecular weight is 676 g/mol. The number of rotatable bonds is 6. The Morgan fingerprint density at radius 3 is 2.37 bits per heavy atom. The number of primary sulfonamides is 1. The number of benzene rings is 2. The fourth-order valence-corrected chi connectivity index (χ4v) is 8.48. The highest BCUT2D eigenvalue weighted by Gasteiger charge is 2.57. The molecular weight excluding hydrogens is 656 g/mol. The molecule has 0 bridgehead atoms. The van der Waals surface area contributed by atoms with Gasteiger partial charge >= 0.3 is 4.87 Å². The molecule has 3 amide bonds. The van der Waals surface area contributed by atoms with Gasteiger partial charge in [0.25, 0.3) is 0 Å². The van der Waals surface area contributed by atoms with E-state index in [9.17, 15) is 27.6 Å². The predicted octanol–water partition coefficient (Wildman–Crippen LogP) is 3.35. The fraction of sp³-hybridized carbons (Fsp3) is 0.154. The molecule has 4 heterocycles. The second-order valence-corrected chi connectivity index (χ2v) is 13.9. The summed E-state index contributed by atoms with van der Waals surface area (Å²) in [5.74, 6) is -2.43. The number of nitrogens with two attached hydrogens (primary N) is 1. The third kappa shape index (κ3) is 4.97. The number of hydrogen-bond donors (Lipinski definition) is 2. The lowest BCUT2D eigenvalue weighted by Crippen LogP contribution is -2.32. The summed E-state index contributed by atoms with van der Waals surface area (Å²) in [6, 6.07) is 15.5. The van der Waals surface area contributed by atoms with E-state index in [1.54, 1.807) is 36.4 Å². The van der Waals surface area contributed by atoms with Crippen LogP contribution in [0.4, 0.5) is 11.4 Å². The third-order valence-electron chi connectivity index (χ3n) is 6.75. The summed E-state index contributed by atoms with van der Waals surface area (Å²) in [5, 5.41) is 7.33. The number of nitrogens with zero attached hydrogens (tertiary/aromatic N) is 2. The van der Waals surface area contributed by atoms with Crippen LogP contribution in [0.5, 0.6) is 0 Å². The molecule has 0 saturated carbocycles. The highest BCUT2D eigenvalue weighted by atomic mass is 79.9. The number of nitrogens with one attached hydrogen (secondary N) is 1. The third-order valence-corrected chi connectivity index (χ3v) is 10.8. The van der Waals surface area contributed by atoms with Crippen molar-refractivity contribution >= 4 is 78.1 Å². The topological polar surface area (TPSA) is 162 Å². The number of hydrogen-bond acceptors (Lipinski definition) is 9. The lowest BCUT2D eigenvalue weighted by atomic mass is 9.87. The number of amides is 3. The number of anilines is 2. The van der Waals surface area contributed by atoms with Crippen molar-refractivity contribution in [2.45, 2.75) is 27.6 Å². The fourth-order valence-electron chi connectivity index (χ4n) is 4.95. The van der Waals surface area contributed by atoms with Crippen LogP contribution < -0.4 is 20.2 Å². The minimum absolute atomic E-state index is 0.110. The zero-order valence-corrected chi connectivity index (χ0v) is 24.8. The summed E-state index contributed by atoms with van der Waals surface area (Å²) >= 11 is 5.36. The first kappa shape index (κ1) is 27.7. The van der Waals surface area contributed by atoms with E-state index < -0.39 is 49.7 Å².